The van der Waals surface area contributed by atoms with Gasteiger partial charge in [0.1, 0.15) is 33.5 Å². The molecule has 0 aliphatic carbocycles. The van der Waals surface area contributed by atoms with Crippen molar-refractivity contribution < 1.29 is 48.7 Å². The molecule has 5 N–H and O–H groups in total. The molecule has 0 aromatic carbocycles. The van der Waals surface area contributed by atoms with E-state index in [9.17, 15) is 34.2 Å². The number of thioether (sulfide) groups is 1. The number of nitrogens with two attached hydrogens (primary N) is 1. The van der Waals surface area contributed by atoms with Gasteiger partial charge in [-0.2, -0.15) is 4.57 Å². The largest absolute Gasteiger partial charge is 0.543 e. The van der Waals surface area contributed by atoms with Crippen molar-refractivity contribution in [2.24, 2.45) is 5.16 Å². The summed E-state index contributed by atoms with van der Waals surface area (Å²) in [5, 5.41) is 35.9. The van der Waals surface area contributed by atoms with Crippen molar-refractivity contribution in [2.45, 2.75) is 37.5 Å². The van der Waals surface area contributed by atoms with E-state index in [0.29, 0.717) is 16.6 Å². The Labute approximate surface area is 260 Å². The van der Waals surface area contributed by atoms with E-state index in [4.69, 9.17) is 27.3 Å². The van der Waals surface area contributed by atoms with Crippen molar-refractivity contribution in [2.75, 3.05) is 11.5 Å². The number of nitrogens with zero attached hydrogens (tertiary/aromatic N) is 5. The fourth-order valence-corrected chi connectivity index (χ4v) is 6.94. The van der Waals surface area contributed by atoms with Crippen molar-refractivity contribution in [3.8, 4) is 0 Å². The highest BCUT2D eigenvalue weighted by molar-refractivity contribution is 8.00. The molecule has 5 heterocycles. The number of nitrogens with one attached hydrogen (secondary N) is 1. The summed E-state index contributed by atoms with van der Waals surface area (Å²) in [6, 6.07) is 3.96. The van der Waals surface area contributed by atoms with E-state index in [0.717, 1.165) is 16.2 Å². The summed E-state index contributed by atoms with van der Waals surface area (Å²) < 4.78 is 3.24. The van der Waals surface area contributed by atoms with Crippen molar-refractivity contribution >= 4 is 86.3 Å². The number of aromatic nitrogens is 3. The number of carboxylic acid groups (broad SMARTS) is 3. The van der Waals surface area contributed by atoms with Crippen LogP contribution in [0.4, 0.5) is 5.13 Å². The molecular weight excluding hydrogens is 642 g/mol. The number of amides is 2. The fraction of sp³-hybridized carbons (Fsp3) is 0.280. The van der Waals surface area contributed by atoms with Crippen molar-refractivity contribution in [1.29, 1.82) is 0 Å². The van der Waals surface area contributed by atoms with Crippen molar-refractivity contribution in [3.05, 3.63) is 51.9 Å². The Morgan fingerprint density at radius 3 is 2.73 bits per heavy atom. The van der Waals surface area contributed by atoms with Gasteiger partial charge in [0.2, 0.25) is 11.6 Å². The molecule has 3 aromatic heterocycles. The van der Waals surface area contributed by atoms with Gasteiger partial charge < -0.3 is 40.6 Å². The van der Waals surface area contributed by atoms with Crippen molar-refractivity contribution in [1.82, 2.24) is 19.8 Å². The SMILES string of the molecule is C[C@H](O/N=C(\C(=O)NC1C(=O)N2C(C(=O)[O-])=C(C[n+]3cccc4c3ccn4CC(=O)O)CSC12)c1nc(N)sc1Cl)C(=O)O. The summed E-state index contributed by atoms with van der Waals surface area (Å²) >= 11 is 8.18. The maximum absolute atomic E-state index is 13.3. The average Bonchev–Trinajstić information content (AvgIpc) is 3.52. The Bertz CT molecular complexity index is 1790. The number of oxime groups is 1. The van der Waals surface area contributed by atoms with Crippen LogP contribution >= 0.6 is 34.7 Å². The lowest BCUT2D eigenvalue weighted by Gasteiger charge is -2.50. The first-order valence-corrected chi connectivity index (χ1v) is 14.9. The second-order valence-electron chi connectivity index (χ2n) is 9.54. The van der Waals surface area contributed by atoms with E-state index in [-0.39, 0.29) is 39.7 Å². The highest BCUT2D eigenvalue weighted by Gasteiger charge is 2.53. The molecule has 2 amide bonds. The number of carbonyl (C=O) groups is 5. The minimum absolute atomic E-state index is 0.00575. The van der Waals surface area contributed by atoms with E-state index in [1.807, 2.05) is 0 Å². The monoisotopic (exact) mass is 663 g/mol. The van der Waals surface area contributed by atoms with Gasteiger partial charge in [0.15, 0.2) is 23.6 Å². The maximum Gasteiger partial charge on any atom is 0.347 e. The number of anilines is 1. The number of halogens is 1. The maximum atomic E-state index is 13.3. The molecular formula is C25H22ClN7O9S2. The second-order valence-corrected chi connectivity index (χ2v) is 12.3. The zero-order valence-electron chi connectivity index (χ0n) is 22.5. The molecule has 1 fully saturated rings. The number of fused-ring (bicyclic) bond motifs is 2. The van der Waals surface area contributed by atoms with Gasteiger partial charge in [0.25, 0.3) is 11.8 Å². The Kier molecular flexibility index (Phi) is 8.49. The Morgan fingerprint density at radius 1 is 1.34 bits per heavy atom. The van der Waals surface area contributed by atoms with Crippen LogP contribution in [0.2, 0.25) is 4.34 Å². The lowest BCUT2D eigenvalue weighted by atomic mass is 10.0. The molecule has 19 heteroatoms. The number of hydrogen-bond donors (Lipinski definition) is 4. The molecule has 1 saturated heterocycles. The number of carbonyl (C=O) groups excluding carboxylic acids is 3. The van der Waals surface area contributed by atoms with Crippen LogP contribution in [0, 0.1) is 0 Å². The third-order valence-corrected chi connectivity index (χ3v) is 9.12. The molecule has 44 heavy (non-hydrogen) atoms. The van der Waals surface area contributed by atoms with Gasteiger partial charge in [-0.1, -0.05) is 28.1 Å². The first-order valence-electron chi connectivity index (χ1n) is 12.6. The molecule has 0 saturated carbocycles. The molecule has 230 valence electrons. The predicted molar refractivity (Wildman–Crippen MR) is 153 cm³/mol. The van der Waals surface area contributed by atoms with Crippen LogP contribution in [0.5, 0.6) is 0 Å². The normalized spacial score (nSPS) is 18.9. The summed E-state index contributed by atoms with van der Waals surface area (Å²) in [6.07, 6.45) is 1.88. The lowest BCUT2D eigenvalue weighted by Crippen LogP contribution is -2.71. The van der Waals surface area contributed by atoms with Gasteiger partial charge in [-0.3, -0.25) is 19.3 Å². The van der Waals surface area contributed by atoms with Crippen LogP contribution in [0.15, 0.2) is 47.0 Å². The minimum atomic E-state index is -1.58. The third kappa shape index (κ3) is 5.78. The summed E-state index contributed by atoms with van der Waals surface area (Å²) in [7, 11) is 0. The number of carboxylic acids is 3. The predicted octanol–water partition coefficient (Wildman–Crippen LogP) is -0.997. The molecule has 2 aliphatic heterocycles. The quantitative estimate of drug-likeness (QED) is 0.0837. The summed E-state index contributed by atoms with van der Waals surface area (Å²) in [6.45, 7) is 0.991. The van der Waals surface area contributed by atoms with Crippen LogP contribution in [-0.2, 0) is 41.9 Å². The summed E-state index contributed by atoms with van der Waals surface area (Å²) in [5.41, 5.74) is 6.27. The van der Waals surface area contributed by atoms with E-state index >= 15 is 0 Å². The van der Waals surface area contributed by atoms with Gasteiger partial charge >= 0.3 is 11.9 Å². The average molecular weight is 664 g/mol. The molecule has 2 aliphatic rings. The van der Waals surface area contributed by atoms with E-state index in [1.165, 1.54) is 23.3 Å². The number of β-lactam (4-membered cyclic amide) rings is 1. The smallest absolute Gasteiger partial charge is 0.347 e. The highest BCUT2D eigenvalue weighted by atomic mass is 35.5. The third-order valence-electron chi connectivity index (χ3n) is 6.70. The number of rotatable bonds is 11. The second kappa shape index (κ2) is 12.1. The van der Waals surface area contributed by atoms with Crippen LogP contribution < -0.4 is 20.7 Å². The van der Waals surface area contributed by atoms with Crippen LogP contribution in [0.25, 0.3) is 11.0 Å². The number of aliphatic carboxylic acids is 3. The van der Waals surface area contributed by atoms with Crippen LogP contribution in [0.3, 0.4) is 0 Å². The Hall–Kier alpha value is -4.68. The first-order chi connectivity index (χ1) is 20.9. The number of pyridine rings is 1. The minimum Gasteiger partial charge on any atom is -0.543 e. The van der Waals surface area contributed by atoms with Gasteiger partial charge in [0.05, 0.1) is 11.7 Å². The van der Waals surface area contributed by atoms with E-state index < -0.39 is 53.0 Å². The summed E-state index contributed by atoms with van der Waals surface area (Å²) in [5.74, 6) is -5.50. The zero-order chi connectivity index (χ0) is 31.9. The molecule has 16 nitrogen and oxygen atoms in total. The number of hydrogen-bond acceptors (Lipinski definition) is 12. The van der Waals surface area contributed by atoms with Crippen LogP contribution in [0.1, 0.15) is 12.6 Å². The zero-order valence-corrected chi connectivity index (χ0v) is 24.9. The molecule has 0 spiro atoms. The van der Waals surface area contributed by atoms with Crippen LogP contribution in [-0.4, -0.2) is 83.4 Å². The lowest BCUT2D eigenvalue weighted by molar-refractivity contribution is -0.663. The van der Waals surface area contributed by atoms with Gasteiger partial charge in [0, 0.05) is 29.7 Å². The Morgan fingerprint density at radius 2 is 2.09 bits per heavy atom. The molecule has 2 unspecified atom stereocenters. The van der Waals surface area contributed by atoms with E-state index in [1.54, 1.807) is 35.2 Å². The van der Waals surface area contributed by atoms with Gasteiger partial charge in [-0.05, 0) is 13.0 Å². The standard InChI is InChI=1S/C25H22ClN7O9S2/c1-10(23(38)39)42-30-16(15-19(26)44-25(27)29-15)20(36)28-17-21(37)33-18(24(40)41)11(9-43-22(17)33)7-31-5-2-3-12-13(31)4-6-32(12)8-14(34)35/h2-6,10,17,22H,7-9H2,1H3,(H5-,27,28,29,34,35,36,38,39,40,41)/b30-16-/t10-,17?,22?/m0/s1. The molecule has 3 atom stereocenters. The molecule has 0 radical (unpaired) electrons. The number of thiazole rings is 1. The van der Waals surface area contributed by atoms with E-state index in [2.05, 4.69) is 15.5 Å². The van der Waals surface area contributed by atoms with Gasteiger partial charge in [-0.25, -0.2) is 9.78 Å². The fourth-order valence-electron chi connectivity index (χ4n) is 4.68. The topological polar surface area (TPSA) is 233 Å². The summed E-state index contributed by atoms with van der Waals surface area (Å²) in [4.78, 5) is 71.1. The van der Waals surface area contributed by atoms with Crippen molar-refractivity contribution in [3.63, 3.8) is 0 Å². The van der Waals surface area contributed by atoms with Gasteiger partial charge in [-0.15, -0.1) is 11.8 Å². The first kappa shape index (κ1) is 30.8. The highest BCUT2D eigenvalue weighted by Crippen LogP contribution is 2.40. The molecule has 3 aromatic rings. The molecule has 5 rings (SSSR count). The molecule has 0 bridgehead atoms. The Balaban J connectivity index is 1.39. The number of nitrogen functional groups attached to an aromatic ring is 1.